The van der Waals surface area contributed by atoms with Crippen molar-refractivity contribution in [3.63, 3.8) is 0 Å². The van der Waals surface area contributed by atoms with E-state index in [1.807, 2.05) is 18.3 Å². The van der Waals surface area contributed by atoms with Crippen molar-refractivity contribution in [2.45, 2.75) is 37.5 Å². The lowest BCUT2D eigenvalue weighted by Gasteiger charge is -2.38. The van der Waals surface area contributed by atoms with Crippen LogP contribution >= 0.6 is 15.9 Å². The zero-order chi connectivity index (χ0) is 13.9. The van der Waals surface area contributed by atoms with Gasteiger partial charge in [-0.25, -0.2) is 0 Å². The number of hydrogen-bond acceptors (Lipinski definition) is 5. The number of pyridine rings is 1. The molecule has 3 atom stereocenters. The second kappa shape index (κ2) is 6.49. The van der Waals surface area contributed by atoms with Gasteiger partial charge < -0.3 is 4.74 Å². The topological polar surface area (TPSA) is 63.4 Å². The Morgan fingerprint density at radius 3 is 3.20 bits per heavy atom. The maximum atomic E-state index is 6.02. The average molecular weight is 341 g/mol. The molecule has 3 heterocycles. The van der Waals surface area contributed by atoms with Crippen LogP contribution in [0.5, 0.6) is 0 Å². The molecular weight excluding hydrogens is 320 g/mol. The molecule has 5 nitrogen and oxygen atoms in total. The molecule has 0 amide bonds. The van der Waals surface area contributed by atoms with Crippen LogP contribution in [-0.4, -0.2) is 47.8 Å². The molecule has 3 N–H and O–H groups in total. The monoisotopic (exact) mass is 340 g/mol. The normalized spacial score (nSPS) is 28.3. The summed E-state index contributed by atoms with van der Waals surface area (Å²) in [6.07, 6.45) is 5.30. The van der Waals surface area contributed by atoms with Gasteiger partial charge in [-0.3, -0.25) is 21.2 Å². The Morgan fingerprint density at radius 1 is 1.55 bits per heavy atom. The molecule has 2 saturated heterocycles. The van der Waals surface area contributed by atoms with Gasteiger partial charge in [0.1, 0.15) is 0 Å². The molecule has 110 valence electrons. The van der Waals surface area contributed by atoms with Crippen LogP contribution in [-0.2, 0) is 11.2 Å². The Hall–Kier alpha value is -0.530. The van der Waals surface area contributed by atoms with Crippen molar-refractivity contribution in [2.75, 3.05) is 19.7 Å². The Bertz CT molecular complexity index is 441. The first-order valence-electron chi connectivity index (χ1n) is 7.18. The number of hydrazine groups is 1. The van der Waals surface area contributed by atoms with Crippen LogP contribution < -0.4 is 11.3 Å². The summed E-state index contributed by atoms with van der Waals surface area (Å²) in [5, 5.41) is 0. The van der Waals surface area contributed by atoms with Crippen LogP contribution in [0.3, 0.4) is 0 Å². The first-order chi connectivity index (χ1) is 9.76. The SMILES string of the molecule is NNC(Cc1ccc(Br)cn1)C1CN2CCCC2CO1. The quantitative estimate of drug-likeness (QED) is 0.634. The van der Waals surface area contributed by atoms with E-state index < -0.39 is 0 Å². The molecule has 2 fully saturated rings. The molecule has 2 aliphatic rings. The molecule has 0 spiro atoms. The van der Waals surface area contributed by atoms with Crippen molar-refractivity contribution in [1.82, 2.24) is 15.3 Å². The summed E-state index contributed by atoms with van der Waals surface area (Å²) < 4.78 is 7.01. The molecule has 0 bridgehead atoms. The van der Waals surface area contributed by atoms with Gasteiger partial charge in [-0.2, -0.15) is 0 Å². The summed E-state index contributed by atoms with van der Waals surface area (Å²) in [6.45, 7) is 2.99. The van der Waals surface area contributed by atoms with Gasteiger partial charge >= 0.3 is 0 Å². The van der Waals surface area contributed by atoms with Gasteiger partial charge in [0.15, 0.2) is 0 Å². The zero-order valence-corrected chi connectivity index (χ0v) is 13.1. The third-order valence-electron chi connectivity index (χ3n) is 4.30. The largest absolute Gasteiger partial charge is 0.374 e. The van der Waals surface area contributed by atoms with Crippen molar-refractivity contribution < 1.29 is 4.74 Å². The van der Waals surface area contributed by atoms with Crippen molar-refractivity contribution in [1.29, 1.82) is 0 Å². The van der Waals surface area contributed by atoms with Crippen molar-refractivity contribution in [3.8, 4) is 0 Å². The fraction of sp³-hybridized carbons (Fsp3) is 0.643. The molecule has 0 radical (unpaired) electrons. The highest BCUT2D eigenvalue weighted by Gasteiger charge is 2.35. The minimum atomic E-state index is 0.102. The van der Waals surface area contributed by atoms with E-state index in [9.17, 15) is 0 Å². The predicted octanol–water partition coefficient (Wildman–Crippen LogP) is 1.08. The number of nitrogens with one attached hydrogen (secondary N) is 1. The number of halogens is 1. The zero-order valence-electron chi connectivity index (χ0n) is 11.5. The van der Waals surface area contributed by atoms with Gasteiger partial charge in [-0.15, -0.1) is 0 Å². The van der Waals surface area contributed by atoms with Gasteiger partial charge in [-0.1, -0.05) is 0 Å². The fourth-order valence-electron chi connectivity index (χ4n) is 3.14. The molecule has 2 aliphatic heterocycles. The minimum Gasteiger partial charge on any atom is -0.374 e. The van der Waals surface area contributed by atoms with E-state index in [1.54, 1.807) is 0 Å². The van der Waals surface area contributed by atoms with Gasteiger partial charge in [0.05, 0.1) is 18.8 Å². The molecule has 1 aromatic rings. The molecule has 20 heavy (non-hydrogen) atoms. The standard InChI is InChI=1S/C14H21BrN4O/c15-10-3-4-11(17-7-10)6-13(18-16)14-8-19-5-1-2-12(19)9-20-14/h3-4,7,12-14,18H,1-2,5-6,8-9,16H2. The Labute approximate surface area is 128 Å². The van der Waals surface area contributed by atoms with E-state index in [1.165, 1.54) is 19.4 Å². The smallest absolute Gasteiger partial charge is 0.0872 e. The van der Waals surface area contributed by atoms with E-state index in [4.69, 9.17) is 10.6 Å². The van der Waals surface area contributed by atoms with E-state index in [0.717, 1.165) is 29.7 Å². The molecule has 0 aromatic carbocycles. The van der Waals surface area contributed by atoms with Crippen LogP contribution in [0.2, 0.25) is 0 Å². The van der Waals surface area contributed by atoms with Gasteiger partial charge in [0, 0.05) is 35.4 Å². The van der Waals surface area contributed by atoms with Crippen LogP contribution in [0.25, 0.3) is 0 Å². The van der Waals surface area contributed by atoms with E-state index >= 15 is 0 Å². The summed E-state index contributed by atoms with van der Waals surface area (Å²) in [4.78, 5) is 6.95. The highest BCUT2D eigenvalue weighted by molar-refractivity contribution is 9.10. The molecule has 3 rings (SSSR count). The number of morpholine rings is 1. The molecule has 0 aliphatic carbocycles. The van der Waals surface area contributed by atoms with E-state index in [2.05, 4.69) is 31.2 Å². The molecule has 0 saturated carbocycles. The van der Waals surface area contributed by atoms with Crippen LogP contribution in [0.15, 0.2) is 22.8 Å². The lowest BCUT2D eigenvalue weighted by Crippen LogP contribution is -2.56. The van der Waals surface area contributed by atoms with Gasteiger partial charge in [0.25, 0.3) is 0 Å². The van der Waals surface area contributed by atoms with Crippen molar-refractivity contribution in [3.05, 3.63) is 28.5 Å². The van der Waals surface area contributed by atoms with Crippen molar-refractivity contribution in [2.24, 2.45) is 5.84 Å². The molecular formula is C14H21BrN4O. The maximum absolute atomic E-state index is 6.02. The summed E-state index contributed by atoms with van der Waals surface area (Å²) in [5.41, 5.74) is 3.94. The van der Waals surface area contributed by atoms with E-state index in [-0.39, 0.29) is 12.1 Å². The molecule has 6 heteroatoms. The first kappa shape index (κ1) is 14.4. The van der Waals surface area contributed by atoms with Crippen LogP contribution in [0.1, 0.15) is 18.5 Å². The number of ether oxygens (including phenoxy) is 1. The summed E-state index contributed by atoms with van der Waals surface area (Å²) >= 11 is 3.40. The highest BCUT2D eigenvalue weighted by atomic mass is 79.9. The Morgan fingerprint density at radius 2 is 2.45 bits per heavy atom. The Kier molecular flexibility index (Phi) is 4.68. The molecule has 3 unspecified atom stereocenters. The first-order valence-corrected chi connectivity index (χ1v) is 7.98. The fourth-order valence-corrected chi connectivity index (χ4v) is 3.37. The lowest BCUT2D eigenvalue weighted by atomic mass is 10.0. The Balaban J connectivity index is 1.62. The third-order valence-corrected chi connectivity index (χ3v) is 4.77. The number of nitrogens with zero attached hydrogens (tertiary/aromatic N) is 2. The van der Waals surface area contributed by atoms with Gasteiger partial charge in [0.2, 0.25) is 0 Å². The summed E-state index contributed by atoms with van der Waals surface area (Å²) in [7, 11) is 0. The highest BCUT2D eigenvalue weighted by Crippen LogP contribution is 2.24. The number of fused-ring (bicyclic) bond motifs is 1. The number of rotatable bonds is 4. The second-order valence-electron chi connectivity index (χ2n) is 5.61. The number of aromatic nitrogens is 1. The second-order valence-corrected chi connectivity index (χ2v) is 6.52. The molecule has 1 aromatic heterocycles. The average Bonchev–Trinajstić information content (AvgIpc) is 2.94. The minimum absolute atomic E-state index is 0.102. The van der Waals surface area contributed by atoms with E-state index in [0.29, 0.717) is 6.04 Å². The third kappa shape index (κ3) is 3.20. The number of nitrogens with two attached hydrogens (primary N) is 1. The summed E-state index contributed by atoms with van der Waals surface area (Å²) in [6, 6.07) is 4.75. The summed E-state index contributed by atoms with van der Waals surface area (Å²) in [5.74, 6) is 5.73. The van der Waals surface area contributed by atoms with Crippen LogP contribution in [0.4, 0.5) is 0 Å². The maximum Gasteiger partial charge on any atom is 0.0872 e. The van der Waals surface area contributed by atoms with Crippen molar-refractivity contribution >= 4 is 15.9 Å². The van der Waals surface area contributed by atoms with Crippen LogP contribution in [0, 0.1) is 0 Å². The lowest BCUT2D eigenvalue weighted by molar-refractivity contribution is -0.0645. The number of hydrogen-bond donors (Lipinski definition) is 2. The van der Waals surface area contributed by atoms with Gasteiger partial charge in [-0.05, 0) is 47.4 Å². The predicted molar refractivity (Wildman–Crippen MR) is 81.1 cm³/mol.